The van der Waals surface area contributed by atoms with Crippen LogP contribution in [0.4, 0.5) is 5.82 Å². The molecule has 0 fully saturated rings. The van der Waals surface area contributed by atoms with E-state index in [0.29, 0.717) is 5.82 Å². The van der Waals surface area contributed by atoms with Crippen LogP contribution in [0.15, 0.2) is 16.7 Å². The maximum absolute atomic E-state index is 5.62. The van der Waals surface area contributed by atoms with Crippen molar-refractivity contribution in [3.8, 4) is 0 Å². The number of alkyl halides is 1. The van der Waals surface area contributed by atoms with Gasteiger partial charge in [0.2, 0.25) is 0 Å². The van der Waals surface area contributed by atoms with Gasteiger partial charge in [0, 0.05) is 16.0 Å². The number of aromatic nitrogens is 1. The first kappa shape index (κ1) is 9.00. The topological polar surface area (TPSA) is 38.9 Å². The Balaban J connectivity index is 2.93. The number of halogens is 2. The van der Waals surface area contributed by atoms with Crippen molar-refractivity contribution in [1.29, 1.82) is 0 Å². The third-order valence-corrected chi connectivity index (χ3v) is 2.16. The molecule has 0 aliphatic carbocycles. The number of aryl methyl sites for hydroxylation is 1. The average Bonchev–Trinajstić information content (AvgIpc) is 1.98. The standard InChI is InChI=1S/C7H8Br2N2/c8-2-1-5-3-6(9)4-11-7(5)10/h3-4H,1-2H2,(H2,10,11). The van der Waals surface area contributed by atoms with Crippen molar-refractivity contribution in [1.82, 2.24) is 4.98 Å². The maximum Gasteiger partial charge on any atom is 0.126 e. The molecule has 0 saturated carbocycles. The Labute approximate surface area is 82.5 Å². The van der Waals surface area contributed by atoms with Crippen LogP contribution in [0.2, 0.25) is 0 Å². The quantitative estimate of drug-likeness (QED) is 0.844. The van der Waals surface area contributed by atoms with E-state index in [2.05, 4.69) is 36.8 Å². The minimum absolute atomic E-state index is 0.618. The summed E-state index contributed by atoms with van der Waals surface area (Å²) in [4.78, 5) is 4.01. The minimum atomic E-state index is 0.618. The molecule has 0 aromatic carbocycles. The maximum atomic E-state index is 5.62. The highest BCUT2D eigenvalue weighted by Crippen LogP contribution is 2.16. The number of nitrogen functional groups attached to an aromatic ring is 1. The van der Waals surface area contributed by atoms with Crippen molar-refractivity contribution in [2.45, 2.75) is 6.42 Å². The van der Waals surface area contributed by atoms with Gasteiger partial charge in [-0.05, 0) is 34.0 Å². The predicted molar refractivity (Wildman–Crippen MR) is 53.8 cm³/mol. The molecule has 1 aromatic rings. The van der Waals surface area contributed by atoms with Crippen molar-refractivity contribution >= 4 is 37.7 Å². The van der Waals surface area contributed by atoms with Gasteiger partial charge in [-0.15, -0.1) is 0 Å². The second kappa shape index (κ2) is 4.07. The Kier molecular flexibility index (Phi) is 3.33. The molecule has 0 radical (unpaired) electrons. The van der Waals surface area contributed by atoms with Gasteiger partial charge in [-0.2, -0.15) is 0 Å². The highest BCUT2D eigenvalue weighted by Gasteiger charge is 1.99. The zero-order valence-corrected chi connectivity index (χ0v) is 9.02. The fraction of sp³-hybridized carbons (Fsp3) is 0.286. The molecule has 0 amide bonds. The normalized spacial score (nSPS) is 10.0. The molecule has 11 heavy (non-hydrogen) atoms. The summed E-state index contributed by atoms with van der Waals surface area (Å²) in [6.45, 7) is 0. The van der Waals surface area contributed by atoms with Crippen molar-refractivity contribution < 1.29 is 0 Å². The minimum Gasteiger partial charge on any atom is -0.383 e. The fourth-order valence-corrected chi connectivity index (χ4v) is 1.60. The molecule has 0 unspecified atom stereocenters. The molecule has 1 rings (SSSR count). The van der Waals surface area contributed by atoms with Gasteiger partial charge in [-0.1, -0.05) is 15.9 Å². The second-order valence-corrected chi connectivity index (χ2v) is 3.85. The lowest BCUT2D eigenvalue weighted by molar-refractivity contribution is 1.13. The number of anilines is 1. The third-order valence-electron chi connectivity index (χ3n) is 1.33. The lowest BCUT2D eigenvalue weighted by Crippen LogP contribution is -1.97. The van der Waals surface area contributed by atoms with E-state index in [-0.39, 0.29) is 0 Å². The van der Waals surface area contributed by atoms with Crippen LogP contribution in [0.25, 0.3) is 0 Å². The molecule has 0 aliphatic heterocycles. The Morgan fingerprint density at radius 3 is 2.91 bits per heavy atom. The van der Waals surface area contributed by atoms with Crippen molar-refractivity contribution in [2.75, 3.05) is 11.1 Å². The molecule has 0 aliphatic rings. The summed E-state index contributed by atoms with van der Waals surface area (Å²) in [5, 5.41) is 0.912. The largest absolute Gasteiger partial charge is 0.383 e. The van der Waals surface area contributed by atoms with Gasteiger partial charge in [0.1, 0.15) is 5.82 Å². The first-order chi connectivity index (χ1) is 5.24. The molecule has 0 saturated heterocycles. The molecular formula is C7H8Br2N2. The van der Waals surface area contributed by atoms with E-state index in [1.165, 1.54) is 0 Å². The molecule has 2 nitrogen and oxygen atoms in total. The van der Waals surface area contributed by atoms with E-state index in [0.717, 1.165) is 21.8 Å². The van der Waals surface area contributed by atoms with E-state index in [9.17, 15) is 0 Å². The molecule has 0 spiro atoms. The average molecular weight is 280 g/mol. The van der Waals surface area contributed by atoms with Crippen LogP contribution in [0.3, 0.4) is 0 Å². The van der Waals surface area contributed by atoms with Crippen LogP contribution in [0, 0.1) is 0 Å². The van der Waals surface area contributed by atoms with Crippen molar-refractivity contribution in [2.24, 2.45) is 0 Å². The van der Waals surface area contributed by atoms with Gasteiger partial charge in [0.25, 0.3) is 0 Å². The van der Waals surface area contributed by atoms with Crippen molar-refractivity contribution in [3.05, 3.63) is 22.3 Å². The zero-order valence-electron chi connectivity index (χ0n) is 5.85. The summed E-state index contributed by atoms with van der Waals surface area (Å²) in [6.07, 6.45) is 2.62. The van der Waals surface area contributed by atoms with Crippen LogP contribution in [0.1, 0.15) is 5.56 Å². The number of rotatable bonds is 2. The molecular weight excluding hydrogens is 272 g/mol. The van der Waals surface area contributed by atoms with E-state index >= 15 is 0 Å². The Morgan fingerprint density at radius 2 is 2.27 bits per heavy atom. The van der Waals surface area contributed by atoms with Crippen LogP contribution < -0.4 is 5.73 Å². The third kappa shape index (κ3) is 2.45. The fourth-order valence-electron chi connectivity index (χ4n) is 0.794. The summed E-state index contributed by atoms with van der Waals surface area (Å²) in [5.41, 5.74) is 6.70. The van der Waals surface area contributed by atoms with E-state index in [1.807, 2.05) is 6.07 Å². The molecule has 4 heteroatoms. The number of nitrogens with two attached hydrogens (primary N) is 1. The Bertz CT molecular complexity index is 250. The van der Waals surface area contributed by atoms with Crippen LogP contribution in [-0.4, -0.2) is 10.3 Å². The molecule has 0 bridgehead atoms. The van der Waals surface area contributed by atoms with E-state index in [1.54, 1.807) is 6.20 Å². The Hall–Kier alpha value is -0.0900. The summed E-state index contributed by atoms with van der Waals surface area (Å²) < 4.78 is 0.975. The van der Waals surface area contributed by atoms with Crippen LogP contribution in [0.5, 0.6) is 0 Å². The van der Waals surface area contributed by atoms with E-state index in [4.69, 9.17) is 5.73 Å². The number of hydrogen-bond donors (Lipinski definition) is 1. The lowest BCUT2D eigenvalue weighted by atomic mass is 10.2. The number of pyridine rings is 1. The molecule has 0 atom stereocenters. The highest BCUT2D eigenvalue weighted by atomic mass is 79.9. The van der Waals surface area contributed by atoms with Gasteiger partial charge in [0.05, 0.1) is 0 Å². The SMILES string of the molecule is Nc1ncc(Br)cc1CCBr. The predicted octanol–water partition coefficient (Wildman–Crippen LogP) is 2.36. The smallest absolute Gasteiger partial charge is 0.126 e. The van der Waals surface area contributed by atoms with E-state index < -0.39 is 0 Å². The summed E-state index contributed by atoms with van der Waals surface area (Å²) in [7, 11) is 0. The summed E-state index contributed by atoms with van der Waals surface area (Å²) in [6, 6.07) is 1.99. The number of nitrogens with zero attached hydrogens (tertiary/aromatic N) is 1. The molecule has 1 aromatic heterocycles. The second-order valence-electron chi connectivity index (χ2n) is 2.14. The molecule has 60 valence electrons. The van der Waals surface area contributed by atoms with Gasteiger partial charge >= 0.3 is 0 Å². The Morgan fingerprint density at radius 1 is 1.55 bits per heavy atom. The highest BCUT2D eigenvalue weighted by molar-refractivity contribution is 9.10. The summed E-state index contributed by atoms with van der Waals surface area (Å²) in [5.74, 6) is 0.618. The zero-order chi connectivity index (χ0) is 8.27. The van der Waals surface area contributed by atoms with Gasteiger partial charge in [-0.25, -0.2) is 4.98 Å². The number of hydrogen-bond acceptors (Lipinski definition) is 2. The van der Waals surface area contributed by atoms with Crippen LogP contribution >= 0.6 is 31.9 Å². The van der Waals surface area contributed by atoms with Gasteiger partial charge < -0.3 is 5.73 Å². The first-order valence-corrected chi connectivity index (χ1v) is 5.11. The van der Waals surface area contributed by atoms with Crippen LogP contribution in [-0.2, 0) is 6.42 Å². The molecule has 2 N–H and O–H groups in total. The first-order valence-electron chi connectivity index (χ1n) is 3.20. The lowest BCUT2D eigenvalue weighted by Gasteiger charge is -2.01. The monoisotopic (exact) mass is 278 g/mol. The molecule has 1 heterocycles. The van der Waals surface area contributed by atoms with Gasteiger partial charge in [-0.3, -0.25) is 0 Å². The summed E-state index contributed by atoms with van der Waals surface area (Å²) >= 11 is 6.68. The van der Waals surface area contributed by atoms with Crippen molar-refractivity contribution in [3.63, 3.8) is 0 Å². The van der Waals surface area contributed by atoms with Gasteiger partial charge in [0.15, 0.2) is 0 Å².